The lowest BCUT2D eigenvalue weighted by molar-refractivity contribution is -0.00719. The Bertz CT molecular complexity index is 603. The summed E-state index contributed by atoms with van der Waals surface area (Å²) >= 11 is 0. The number of rotatable bonds is 4. The zero-order valence-electron chi connectivity index (χ0n) is 14.6. The van der Waals surface area contributed by atoms with E-state index in [4.69, 9.17) is 9.47 Å². The van der Waals surface area contributed by atoms with Crippen LogP contribution >= 0.6 is 0 Å². The molecule has 1 aromatic rings. The summed E-state index contributed by atoms with van der Waals surface area (Å²) in [6.45, 7) is 6.48. The normalized spacial score (nSPS) is 28.0. The molecule has 6 heteroatoms. The van der Waals surface area contributed by atoms with Crippen LogP contribution in [0.2, 0.25) is 0 Å². The highest BCUT2D eigenvalue weighted by molar-refractivity contribution is 5.94. The molecule has 2 aliphatic heterocycles. The van der Waals surface area contributed by atoms with E-state index in [2.05, 4.69) is 10.2 Å². The smallest absolute Gasteiger partial charge is 0.274 e. The molecule has 4 rings (SSSR count). The SMILES string of the molecule is C[C@@H]1Cc2c(C(=O)N3CCC(OCC4CC4)CC3)n[nH]c2[C@H](C)O1. The van der Waals surface area contributed by atoms with Crippen molar-refractivity contribution in [2.24, 2.45) is 5.92 Å². The quantitative estimate of drug-likeness (QED) is 0.919. The van der Waals surface area contributed by atoms with Crippen LogP contribution < -0.4 is 0 Å². The van der Waals surface area contributed by atoms with Gasteiger partial charge in [-0.15, -0.1) is 0 Å². The number of hydrogen-bond acceptors (Lipinski definition) is 4. The number of carbonyl (C=O) groups is 1. The van der Waals surface area contributed by atoms with Gasteiger partial charge in [0.05, 0.1) is 24.0 Å². The maximum Gasteiger partial charge on any atom is 0.274 e. The summed E-state index contributed by atoms with van der Waals surface area (Å²) in [6.07, 6.45) is 5.67. The first kappa shape index (κ1) is 16.1. The van der Waals surface area contributed by atoms with E-state index in [0.717, 1.165) is 56.1 Å². The Labute approximate surface area is 142 Å². The number of likely N-dealkylation sites (tertiary alicyclic amines) is 1. The molecular weight excluding hydrogens is 306 g/mol. The van der Waals surface area contributed by atoms with Crippen LogP contribution in [0.5, 0.6) is 0 Å². The molecule has 1 amide bonds. The maximum absolute atomic E-state index is 12.9. The summed E-state index contributed by atoms with van der Waals surface area (Å²) < 4.78 is 11.8. The molecule has 0 radical (unpaired) electrons. The minimum atomic E-state index is -0.0284. The number of ether oxygens (including phenoxy) is 2. The molecule has 6 nitrogen and oxygen atoms in total. The minimum absolute atomic E-state index is 0.0284. The fraction of sp³-hybridized carbons (Fsp3) is 0.778. The van der Waals surface area contributed by atoms with Crippen molar-refractivity contribution in [2.75, 3.05) is 19.7 Å². The van der Waals surface area contributed by atoms with Gasteiger partial charge in [-0.1, -0.05) is 0 Å². The Kier molecular flexibility index (Phi) is 4.35. The first-order chi connectivity index (χ1) is 11.6. The van der Waals surface area contributed by atoms with E-state index in [1.165, 1.54) is 12.8 Å². The summed E-state index contributed by atoms with van der Waals surface area (Å²) in [5, 5.41) is 7.33. The van der Waals surface area contributed by atoms with E-state index in [0.29, 0.717) is 11.8 Å². The minimum Gasteiger partial charge on any atom is -0.378 e. The first-order valence-electron chi connectivity index (χ1n) is 9.25. The molecule has 1 aliphatic carbocycles. The molecule has 1 N–H and O–H groups in total. The first-order valence-corrected chi connectivity index (χ1v) is 9.25. The molecule has 0 bridgehead atoms. The largest absolute Gasteiger partial charge is 0.378 e. The standard InChI is InChI=1S/C18H27N3O3/c1-11-9-15-16(12(2)24-11)19-20-17(15)18(22)21-7-5-14(6-8-21)23-10-13-3-4-13/h11-14H,3-10H2,1-2H3,(H,19,20)/t11-,12+/m1/s1. The number of piperidine rings is 1. The molecule has 0 aromatic carbocycles. The summed E-state index contributed by atoms with van der Waals surface area (Å²) in [5.74, 6) is 0.848. The van der Waals surface area contributed by atoms with Crippen LogP contribution in [0.15, 0.2) is 0 Å². The lowest BCUT2D eigenvalue weighted by atomic mass is 9.98. The van der Waals surface area contributed by atoms with Gasteiger partial charge in [-0.3, -0.25) is 9.89 Å². The van der Waals surface area contributed by atoms with Crippen molar-refractivity contribution in [1.82, 2.24) is 15.1 Å². The van der Waals surface area contributed by atoms with Gasteiger partial charge in [0.1, 0.15) is 0 Å². The van der Waals surface area contributed by atoms with Crippen molar-refractivity contribution in [3.63, 3.8) is 0 Å². The van der Waals surface area contributed by atoms with Crippen LogP contribution in [0, 0.1) is 5.92 Å². The average Bonchev–Trinajstić information content (AvgIpc) is 3.31. The zero-order chi connectivity index (χ0) is 16.7. The van der Waals surface area contributed by atoms with Crippen LogP contribution in [0.4, 0.5) is 0 Å². The van der Waals surface area contributed by atoms with E-state index in [1.807, 2.05) is 18.7 Å². The van der Waals surface area contributed by atoms with Crippen molar-refractivity contribution in [3.8, 4) is 0 Å². The molecule has 0 spiro atoms. The third-order valence-corrected chi connectivity index (χ3v) is 5.43. The fourth-order valence-corrected chi connectivity index (χ4v) is 3.78. The molecule has 1 saturated carbocycles. The van der Waals surface area contributed by atoms with Gasteiger partial charge in [-0.2, -0.15) is 5.10 Å². The van der Waals surface area contributed by atoms with Gasteiger partial charge in [0.15, 0.2) is 5.69 Å². The van der Waals surface area contributed by atoms with Gasteiger partial charge in [0.25, 0.3) is 5.91 Å². The van der Waals surface area contributed by atoms with E-state index in [1.54, 1.807) is 0 Å². The third-order valence-electron chi connectivity index (χ3n) is 5.43. The molecule has 1 aromatic heterocycles. The summed E-state index contributed by atoms with van der Waals surface area (Å²) in [6, 6.07) is 0. The monoisotopic (exact) mass is 333 g/mol. The lowest BCUT2D eigenvalue weighted by Gasteiger charge is -2.32. The molecular formula is C18H27N3O3. The van der Waals surface area contributed by atoms with Crippen LogP contribution in [0.1, 0.15) is 67.4 Å². The van der Waals surface area contributed by atoms with E-state index >= 15 is 0 Å². The molecule has 24 heavy (non-hydrogen) atoms. The number of amides is 1. The highest BCUT2D eigenvalue weighted by atomic mass is 16.5. The summed E-state index contributed by atoms with van der Waals surface area (Å²) in [5.41, 5.74) is 2.59. The Morgan fingerprint density at radius 2 is 2.04 bits per heavy atom. The number of nitrogens with zero attached hydrogens (tertiary/aromatic N) is 2. The highest BCUT2D eigenvalue weighted by Crippen LogP contribution is 2.32. The van der Waals surface area contributed by atoms with Gasteiger partial charge < -0.3 is 14.4 Å². The molecule has 2 atom stereocenters. The summed E-state index contributed by atoms with van der Waals surface area (Å²) in [4.78, 5) is 14.8. The van der Waals surface area contributed by atoms with Crippen molar-refractivity contribution < 1.29 is 14.3 Å². The Morgan fingerprint density at radius 3 is 2.75 bits per heavy atom. The maximum atomic E-state index is 12.9. The number of H-pyrrole nitrogens is 1. The molecule has 3 aliphatic rings. The van der Waals surface area contributed by atoms with Gasteiger partial charge in [-0.25, -0.2) is 0 Å². The second kappa shape index (κ2) is 6.48. The van der Waals surface area contributed by atoms with Gasteiger partial charge in [0.2, 0.25) is 0 Å². The van der Waals surface area contributed by atoms with E-state index in [9.17, 15) is 4.79 Å². The molecule has 1 saturated heterocycles. The highest BCUT2D eigenvalue weighted by Gasteiger charge is 2.33. The number of hydrogen-bond donors (Lipinski definition) is 1. The van der Waals surface area contributed by atoms with Crippen LogP contribution in [0.25, 0.3) is 0 Å². The topological polar surface area (TPSA) is 67.5 Å². The third kappa shape index (κ3) is 3.22. The van der Waals surface area contributed by atoms with E-state index < -0.39 is 0 Å². The second-order valence-corrected chi connectivity index (χ2v) is 7.53. The van der Waals surface area contributed by atoms with Crippen molar-refractivity contribution in [3.05, 3.63) is 17.0 Å². The van der Waals surface area contributed by atoms with Crippen molar-refractivity contribution in [2.45, 2.75) is 64.3 Å². The Balaban J connectivity index is 1.38. The van der Waals surface area contributed by atoms with Gasteiger partial charge in [-0.05, 0) is 45.4 Å². The molecule has 0 unspecified atom stereocenters. The molecule has 3 heterocycles. The lowest BCUT2D eigenvalue weighted by Crippen LogP contribution is -2.41. The fourth-order valence-electron chi connectivity index (χ4n) is 3.78. The van der Waals surface area contributed by atoms with Crippen molar-refractivity contribution >= 4 is 5.91 Å². The Hall–Kier alpha value is -1.40. The number of aromatic nitrogens is 2. The number of carbonyl (C=O) groups excluding carboxylic acids is 1. The summed E-state index contributed by atoms with van der Waals surface area (Å²) in [7, 11) is 0. The second-order valence-electron chi connectivity index (χ2n) is 7.53. The zero-order valence-corrected chi connectivity index (χ0v) is 14.6. The molecule has 2 fully saturated rings. The number of fused-ring (bicyclic) bond motifs is 1. The predicted molar refractivity (Wildman–Crippen MR) is 88.9 cm³/mol. The van der Waals surface area contributed by atoms with Gasteiger partial charge in [0, 0.05) is 31.7 Å². The number of aromatic amines is 1. The molecule has 132 valence electrons. The Morgan fingerprint density at radius 1 is 1.29 bits per heavy atom. The van der Waals surface area contributed by atoms with Gasteiger partial charge >= 0.3 is 0 Å². The van der Waals surface area contributed by atoms with Crippen LogP contribution in [-0.4, -0.2) is 52.9 Å². The number of nitrogens with one attached hydrogen (secondary N) is 1. The van der Waals surface area contributed by atoms with Crippen LogP contribution in [0.3, 0.4) is 0 Å². The predicted octanol–water partition coefficient (Wildman–Crippen LogP) is 2.46. The average molecular weight is 333 g/mol. The van der Waals surface area contributed by atoms with E-state index in [-0.39, 0.29) is 18.1 Å². The van der Waals surface area contributed by atoms with Crippen LogP contribution in [-0.2, 0) is 15.9 Å². The van der Waals surface area contributed by atoms with Crippen molar-refractivity contribution in [1.29, 1.82) is 0 Å².